The predicted octanol–water partition coefficient (Wildman–Crippen LogP) is 2.52. The van der Waals surface area contributed by atoms with Crippen LogP contribution in [0.3, 0.4) is 0 Å². The van der Waals surface area contributed by atoms with E-state index in [2.05, 4.69) is 64.9 Å². The van der Waals surface area contributed by atoms with Crippen molar-refractivity contribution >= 4 is 11.6 Å². The first-order chi connectivity index (χ1) is 13.1. The lowest BCUT2D eigenvalue weighted by Crippen LogP contribution is -2.49. The third-order valence-electron chi connectivity index (χ3n) is 6.21. The van der Waals surface area contributed by atoms with Gasteiger partial charge in [0.15, 0.2) is 0 Å². The van der Waals surface area contributed by atoms with Crippen LogP contribution in [0.5, 0.6) is 0 Å². The first kappa shape index (κ1) is 20.2. The van der Waals surface area contributed by atoms with Crippen molar-refractivity contribution in [3.63, 3.8) is 0 Å². The van der Waals surface area contributed by atoms with Gasteiger partial charge in [0, 0.05) is 58.9 Å². The third kappa shape index (κ3) is 5.45. The van der Waals surface area contributed by atoms with Crippen LogP contribution in [0.4, 0.5) is 5.69 Å². The maximum Gasteiger partial charge on any atom is 0.222 e. The van der Waals surface area contributed by atoms with Crippen LogP contribution in [0.15, 0.2) is 24.3 Å². The van der Waals surface area contributed by atoms with Crippen LogP contribution in [-0.2, 0) is 11.3 Å². The number of hydrogen-bond donors (Lipinski definition) is 0. The fraction of sp³-hybridized carbons (Fsp3) is 0.682. The first-order valence-corrected chi connectivity index (χ1v) is 10.5. The van der Waals surface area contributed by atoms with E-state index in [9.17, 15) is 4.79 Å². The summed E-state index contributed by atoms with van der Waals surface area (Å²) in [7, 11) is 4.22. The van der Waals surface area contributed by atoms with E-state index in [-0.39, 0.29) is 0 Å². The average Bonchev–Trinajstić information content (AvgIpc) is 2.70. The molecule has 5 nitrogen and oxygen atoms in total. The molecule has 0 bridgehead atoms. The number of hydrogen-bond acceptors (Lipinski definition) is 4. The second-order valence-electron chi connectivity index (χ2n) is 8.26. The van der Waals surface area contributed by atoms with Crippen molar-refractivity contribution in [2.24, 2.45) is 5.92 Å². The van der Waals surface area contributed by atoms with Gasteiger partial charge in [0.2, 0.25) is 5.91 Å². The van der Waals surface area contributed by atoms with Gasteiger partial charge in [-0.3, -0.25) is 9.69 Å². The molecule has 0 aromatic heterocycles. The van der Waals surface area contributed by atoms with Gasteiger partial charge in [0.25, 0.3) is 0 Å². The monoisotopic (exact) mass is 372 g/mol. The van der Waals surface area contributed by atoms with E-state index in [1.54, 1.807) is 0 Å². The normalized spacial score (nSPS) is 20.0. The van der Waals surface area contributed by atoms with Crippen molar-refractivity contribution in [3.8, 4) is 0 Å². The molecule has 0 radical (unpaired) electrons. The Morgan fingerprint density at radius 2 is 1.67 bits per heavy atom. The van der Waals surface area contributed by atoms with Crippen LogP contribution in [0.2, 0.25) is 0 Å². The Balaban J connectivity index is 1.43. The van der Waals surface area contributed by atoms with Gasteiger partial charge in [-0.25, -0.2) is 0 Å². The number of likely N-dealkylation sites (tertiary alicyclic amines) is 1. The summed E-state index contributed by atoms with van der Waals surface area (Å²) in [5.41, 5.74) is 2.70. The van der Waals surface area contributed by atoms with Gasteiger partial charge in [0.1, 0.15) is 0 Å². The minimum atomic E-state index is 0.377. The Labute approximate surface area is 164 Å². The zero-order valence-corrected chi connectivity index (χ0v) is 17.4. The molecule has 27 heavy (non-hydrogen) atoms. The topological polar surface area (TPSA) is 30.0 Å². The summed E-state index contributed by atoms with van der Waals surface area (Å²) in [4.78, 5) is 21.9. The highest BCUT2D eigenvalue weighted by atomic mass is 16.2. The molecule has 2 aliphatic rings. The van der Waals surface area contributed by atoms with Gasteiger partial charge in [-0.2, -0.15) is 0 Å². The van der Waals surface area contributed by atoms with Gasteiger partial charge < -0.3 is 14.7 Å². The number of carbonyl (C=O) groups excluding carboxylic acids is 1. The van der Waals surface area contributed by atoms with E-state index in [4.69, 9.17) is 0 Å². The lowest BCUT2D eigenvalue weighted by atomic mass is 9.92. The first-order valence-electron chi connectivity index (χ1n) is 10.5. The quantitative estimate of drug-likeness (QED) is 0.768. The molecule has 0 unspecified atom stereocenters. The number of piperazine rings is 1. The number of anilines is 1. The molecule has 0 saturated carbocycles. The van der Waals surface area contributed by atoms with E-state index >= 15 is 0 Å². The second kappa shape index (κ2) is 9.56. The highest BCUT2D eigenvalue weighted by molar-refractivity contribution is 5.76. The Morgan fingerprint density at radius 3 is 2.30 bits per heavy atom. The van der Waals surface area contributed by atoms with E-state index < -0.39 is 0 Å². The van der Waals surface area contributed by atoms with E-state index in [1.807, 2.05) is 0 Å². The molecule has 2 heterocycles. The highest BCUT2D eigenvalue weighted by Crippen LogP contribution is 2.25. The fourth-order valence-corrected chi connectivity index (χ4v) is 4.36. The average molecular weight is 373 g/mol. The number of rotatable bonds is 6. The molecule has 1 amide bonds. The van der Waals surface area contributed by atoms with Crippen molar-refractivity contribution in [3.05, 3.63) is 29.8 Å². The zero-order valence-electron chi connectivity index (χ0n) is 17.4. The maximum atomic E-state index is 12.6. The maximum absolute atomic E-state index is 12.6. The third-order valence-corrected chi connectivity index (χ3v) is 6.21. The smallest absolute Gasteiger partial charge is 0.222 e. The van der Waals surface area contributed by atoms with Gasteiger partial charge in [0.05, 0.1) is 0 Å². The summed E-state index contributed by atoms with van der Waals surface area (Å²) in [6.07, 6.45) is 3.03. The van der Waals surface area contributed by atoms with Crippen LogP contribution in [-0.4, -0.2) is 80.5 Å². The van der Waals surface area contributed by atoms with Crippen molar-refractivity contribution in [1.29, 1.82) is 0 Å². The minimum Gasteiger partial charge on any atom is -0.377 e. The van der Waals surface area contributed by atoms with Gasteiger partial charge in [-0.1, -0.05) is 25.1 Å². The van der Waals surface area contributed by atoms with Gasteiger partial charge >= 0.3 is 0 Å². The summed E-state index contributed by atoms with van der Waals surface area (Å²) in [5.74, 6) is 0.934. The summed E-state index contributed by atoms with van der Waals surface area (Å²) in [6.45, 7) is 10.4. The number of piperidine rings is 1. The lowest BCUT2D eigenvalue weighted by Gasteiger charge is -2.36. The SMILES string of the molecule is CCN1CCN(C(=O)CC2CCN(Cc3ccccc3N(C)C)CC2)CC1. The molecule has 3 rings (SSSR count). The molecular weight excluding hydrogens is 336 g/mol. The summed E-state index contributed by atoms with van der Waals surface area (Å²) in [5, 5.41) is 0. The fourth-order valence-electron chi connectivity index (χ4n) is 4.36. The number of para-hydroxylation sites is 1. The molecule has 0 aliphatic carbocycles. The van der Waals surface area contributed by atoms with Crippen LogP contribution in [0, 0.1) is 5.92 Å². The number of likely N-dealkylation sites (N-methyl/N-ethyl adjacent to an activating group) is 1. The molecule has 2 aliphatic heterocycles. The molecule has 0 N–H and O–H groups in total. The van der Waals surface area contributed by atoms with Crippen LogP contribution >= 0.6 is 0 Å². The minimum absolute atomic E-state index is 0.377. The number of carbonyl (C=O) groups is 1. The van der Waals surface area contributed by atoms with Crippen LogP contribution in [0.1, 0.15) is 31.7 Å². The summed E-state index contributed by atoms with van der Waals surface area (Å²) >= 11 is 0. The highest BCUT2D eigenvalue weighted by Gasteiger charge is 2.26. The molecule has 5 heteroatoms. The van der Waals surface area contributed by atoms with Crippen molar-refractivity contribution < 1.29 is 4.79 Å². The molecular formula is C22H36N4O. The Morgan fingerprint density at radius 1 is 1.00 bits per heavy atom. The lowest BCUT2D eigenvalue weighted by molar-refractivity contribution is -0.134. The van der Waals surface area contributed by atoms with E-state index in [0.717, 1.165) is 71.6 Å². The van der Waals surface area contributed by atoms with Gasteiger partial charge in [-0.15, -0.1) is 0 Å². The molecule has 150 valence electrons. The molecule has 1 aromatic carbocycles. The van der Waals surface area contributed by atoms with E-state index in [0.29, 0.717) is 11.8 Å². The largest absolute Gasteiger partial charge is 0.377 e. The van der Waals surface area contributed by atoms with Crippen LogP contribution in [0.25, 0.3) is 0 Å². The summed E-state index contributed by atoms with van der Waals surface area (Å²) in [6, 6.07) is 8.67. The van der Waals surface area contributed by atoms with Crippen LogP contribution < -0.4 is 4.90 Å². The number of amides is 1. The zero-order chi connectivity index (χ0) is 19.2. The molecule has 1 aromatic rings. The Kier molecular flexibility index (Phi) is 7.13. The summed E-state index contributed by atoms with van der Waals surface area (Å²) < 4.78 is 0. The molecule has 2 saturated heterocycles. The number of benzene rings is 1. The molecule has 2 fully saturated rings. The van der Waals surface area contributed by atoms with Crippen molar-refractivity contribution in [2.45, 2.75) is 32.7 Å². The second-order valence-corrected chi connectivity index (χ2v) is 8.26. The molecule has 0 atom stereocenters. The predicted molar refractivity (Wildman–Crippen MR) is 112 cm³/mol. The molecule has 0 spiro atoms. The number of nitrogens with zero attached hydrogens (tertiary/aromatic N) is 4. The Bertz CT molecular complexity index is 602. The Hall–Kier alpha value is -1.59. The van der Waals surface area contributed by atoms with Gasteiger partial charge in [-0.05, 0) is 50.0 Å². The van der Waals surface area contributed by atoms with Crippen molar-refractivity contribution in [1.82, 2.24) is 14.7 Å². The van der Waals surface area contributed by atoms with Crippen molar-refractivity contribution in [2.75, 3.05) is 64.8 Å². The standard InChI is InChI=1S/C22H36N4O/c1-4-24-13-15-26(16-14-24)22(27)17-19-9-11-25(12-10-19)18-20-7-5-6-8-21(20)23(2)3/h5-8,19H,4,9-18H2,1-3H3. The van der Waals surface area contributed by atoms with E-state index in [1.165, 1.54) is 11.3 Å².